The predicted octanol–water partition coefficient (Wildman–Crippen LogP) is 2.14. The van der Waals surface area contributed by atoms with Gasteiger partial charge < -0.3 is 10.4 Å². The Morgan fingerprint density at radius 2 is 2.26 bits per heavy atom. The summed E-state index contributed by atoms with van der Waals surface area (Å²) in [5.74, 6) is -1.14. The molecule has 0 saturated heterocycles. The van der Waals surface area contributed by atoms with Gasteiger partial charge in [-0.2, -0.15) is 0 Å². The van der Waals surface area contributed by atoms with Gasteiger partial charge >= 0.3 is 0 Å². The molecule has 1 amide bonds. The van der Waals surface area contributed by atoms with E-state index in [9.17, 15) is 14.0 Å². The summed E-state index contributed by atoms with van der Waals surface area (Å²) in [6.07, 6.45) is 0. The molecule has 3 aromatic rings. The number of halogens is 2. The van der Waals surface area contributed by atoms with Crippen LogP contribution in [0.15, 0.2) is 28.5 Å². The Kier molecular flexibility index (Phi) is 6.04. The van der Waals surface area contributed by atoms with Crippen LogP contribution in [-0.4, -0.2) is 33.8 Å². The van der Waals surface area contributed by atoms with Crippen LogP contribution in [0.1, 0.15) is 10.4 Å². The molecule has 3 rings (SSSR count). The van der Waals surface area contributed by atoms with Gasteiger partial charge in [0.05, 0.1) is 24.4 Å². The van der Waals surface area contributed by atoms with Crippen molar-refractivity contribution in [3.63, 3.8) is 0 Å². The first-order valence-corrected chi connectivity index (χ1v) is 9.61. The average molecular weight is 504 g/mol. The van der Waals surface area contributed by atoms with Crippen LogP contribution in [0.25, 0.3) is 10.2 Å². The smallest absolute Gasteiger partial charge is 0.280 e. The van der Waals surface area contributed by atoms with Crippen LogP contribution < -0.4 is 16.4 Å². The Hall–Kier alpha value is -2.09. The normalized spacial score (nSPS) is 11.0. The number of pyridine rings is 1. The van der Waals surface area contributed by atoms with Gasteiger partial charge in [-0.15, -0.1) is 11.3 Å². The number of aliphatic hydroxyl groups excluding tert-OH is 1. The Morgan fingerprint density at radius 3 is 2.96 bits per heavy atom. The number of hydroxylamine groups is 1. The molecule has 11 heteroatoms. The maximum Gasteiger partial charge on any atom is 0.280 e. The summed E-state index contributed by atoms with van der Waals surface area (Å²) in [4.78, 5) is 34.2. The Labute approximate surface area is 170 Å². The van der Waals surface area contributed by atoms with E-state index in [4.69, 9.17) is 9.94 Å². The predicted molar refractivity (Wildman–Crippen MR) is 108 cm³/mol. The number of aromatic nitrogens is 2. The highest BCUT2D eigenvalue weighted by atomic mass is 127. The summed E-state index contributed by atoms with van der Waals surface area (Å²) in [6, 6.07) is 4.53. The van der Waals surface area contributed by atoms with Crippen LogP contribution >= 0.6 is 33.9 Å². The number of rotatable bonds is 6. The number of carbonyl (C=O) groups is 1. The van der Waals surface area contributed by atoms with Crippen LogP contribution in [0, 0.1) is 9.39 Å². The number of fused-ring (bicyclic) bond motifs is 1. The van der Waals surface area contributed by atoms with E-state index in [1.165, 1.54) is 29.3 Å². The number of amides is 1. The molecule has 0 spiro atoms. The van der Waals surface area contributed by atoms with Crippen LogP contribution in [0.4, 0.5) is 15.9 Å². The Morgan fingerprint density at radius 1 is 1.48 bits per heavy atom. The maximum atomic E-state index is 14.3. The van der Waals surface area contributed by atoms with Crippen molar-refractivity contribution >= 4 is 61.6 Å². The van der Waals surface area contributed by atoms with Crippen LogP contribution in [0.5, 0.6) is 0 Å². The molecular formula is C16H14FIN4O4S. The van der Waals surface area contributed by atoms with Crippen molar-refractivity contribution in [2.75, 3.05) is 18.5 Å². The van der Waals surface area contributed by atoms with Crippen molar-refractivity contribution in [3.05, 3.63) is 49.0 Å². The fourth-order valence-electron chi connectivity index (χ4n) is 2.40. The van der Waals surface area contributed by atoms with Crippen LogP contribution in [-0.2, 0) is 11.9 Å². The first-order chi connectivity index (χ1) is 12.9. The zero-order valence-corrected chi connectivity index (χ0v) is 16.9. The number of thiazole rings is 1. The first kappa shape index (κ1) is 19.7. The minimum atomic E-state index is -0.677. The number of hydrogen-bond donors (Lipinski definition) is 3. The third-order valence-electron chi connectivity index (χ3n) is 3.64. The number of nitrogens with zero attached hydrogens (tertiary/aromatic N) is 2. The summed E-state index contributed by atoms with van der Waals surface area (Å²) < 4.78 is 16.5. The molecule has 0 aliphatic heterocycles. The Bertz CT molecular complexity index is 1070. The maximum absolute atomic E-state index is 14.3. The molecule has 0 saturated carbocycles. The number of nitrogens with one attached hydrogen (secondary N) is 2. The van der Waals surface area contributed by atoms with E-state index in [0.717, 1.165) is 11.3 Å². The van der Waals surface area contributed by atoms with Gasteiger partial charge in [-0.25, -0.2) is 14.9 Å². The van der Waals surface area contributed by atoms with Gasteiger partial charge in [-0.05, 0) is 40.8 Å². The van der Waals surface area contributed by atoms with Gasteiger partial charge in [0.15, 0.2) is 0 Å². The lowest BCUT2D eigenvalue weighted by molar-refractivity contribution is 0.0169. The van der Waals surface area contributed by atoms with Gasteiger partial charge in [0.2, 0.25) is 0 Å². The Balaban J connectivity index is 2.14. The minimum absolute atomic E-state index is 0.0317. The summed E-state index contributed by atoms with van der Waals surface area (Å²) in [7, 11) is 1.47. The highest BCUT2D eigenvalue weighted by Gasteiger charge is 2.23. The second kappa shape index (κ2) is 8.29. The van der Waals surface area contributed by atoms with E-state index in [0.29, 0.717) is 8.27 Å². The minimum Gasteiger partial charge on any atom is -0.394 e. The molecule has 2 heterocycles. The lowest BCUT2D eigenvalue weighted by atomic mass is 10.2. The van der Waals surface area contributed by atoms with Gasteiger partial charge in [-0.3, -0.25) is 19.0 Å². The largest absolute Gasteiger partial charge is 0.394 e. The zero-order valence-electron chi connectivity index (χ0n) is 14.0. The van der Waals surface area contributed by atoms with E-state index < -0.39 is 11.7 Å². The summed E-state index contributed by atoms with van der Waals surface area (Å²) in [6.45, 7) is -0.384. The molecule has 8 nitrogen and oxygen atoms in total. The number of aliphatic hydroxyl groups is 1. The fraction of sp³-hybridized carbons (Fsp3) is 0.188. The monoisotopic (exact) mass is 504 g/mol. The zero-order chi connectivity index (χ0) is 19.6. The molecule has 0 aliphatic carbocycles. The van der Waals surface area contributed by atoms with Gasteiger partial charge in [0.25, 0.3) is 11.5 Å². The van der Waals surface area contributed by atoms with E-state index in [-0.39, 0.29) is 41.4 Å². The molecular weight excluding hydrogens is 490 g/mol. The number of benzene rings is 1. The van der Waals surface area contributed by atoms with Crippen molar-refractivity contribution in [1.82, 2.24) is 15.0 Å². The average Bonchev–Trinajstić information content (AvgIpc) is 3.11. The fourth-order valence-corrected chi connectivity index (χ4v) is 3.62. The van der Waals surface area contributed by atoms with Gasteiger partial charge in [0.1, 0.15) is 27.4 Å². The third kappa shape index (κ3) is 3.95. The molecule has 27 heavy (non-hydrogen) atoms. The standard InChI is InChI=1S/C16H14FIN4O4S/c1-22-14(20-10-3-2-8(18)6-9(10)17)11(15(24)21-26-5-4-23)12-13(16(22)25)27-7-19-12/h2-3,6-7,20,23H,4-5H2,1H3,(H,21,24). The summed E-state index contributed by atoms with van der Waals surface area (Å²) in [5, 5.41) is 11.6. The molecule has 0 radical (unpaired) electrons. The molecule has 3 N–H and O–H groups in total. The number of carbonyl (C=O) groups excluding carboxylic acids is 1. The van der Waals surface area contributed by atoms with E-state index in [2.05, 4.69) is 15.8 Å². The molecule has 0 bridgehead atoms. The molecule has 0 fully saturated rings. The van der Waals surface area contributed by atoms with Crippen molar-refractivity contribution in [2.24, 2.45) is 7.05 Å². The second-order valence-corrected chi connectivity index (χ2v) is 7.47. The third-order valence-corrected chi connectivity index (χ3v) is 5.13. The topological polar surface area (TPSA) is 105 Å². The lowest BCUT2D eigenvalue weighted by Crippen LogP contribution is -2.30. The quantitative estimate of drug-likeness (QED) is 0.270. The molecule has 0 unspecified atom stereocenters. The van der Waals surface area contributed by atoms with E-state index in [1.807, 2.05) is 22.6 Å². The SMILES string of the molecule is Cn1c(Nc2ccc(I)cc2F)c(C(=O)NOCCO)c2ncsc2c1=O. The van der Waals surface area contributed by atoms with Crippen molar-refractivity contribution in [2.45, 2.75) is 0 Å². The van der Waals surface area contributed by atoms with Gasteiger partial charge in [-0.1, -0.05) is 0 Å². The summed E-state index contributed by atoms with van der Waals surface area (Å²) in [5.41, 5.74) is 3.59. The first-order valence-electron chi connectivity index (χ1n) is 7.65. The molecule has 1 aromatic carbocycles. The highest BCUT2D eigenvalue weighted by Crippen LogP contribution is 2.28. The second-order valence-electron chi connectivity index (χ2n) is 5.37. The molecule has 142 valence electrons. The van der Waals surface area contributed by atoms with Crippen molar-refractivity contribution < 1.29 is 19.1 Å². The van der Waals surface area contributed by atoms with Crippen molar-refractivity contribution in [3.8, 4) is 0 Å². The van der Waals surface area contributed by atoms with Crippen LogP contribution in [0.2, 0.25) is 0 Å². The molecule has 2 aromatic heterocycles. The van der Waals surface area contributed by atoms with E-state index in [1.54, 1.807) is 6.07 Å². The number of hydrogen-bond acceptors (Lipinski definition) is 7. The highest BCUT2D eigenvalue weighted by molar-refractivity contribution is 14.1. The van der Waals surface area contributed by atoms with Crippen molar-refractivity contribution in [1.29, 1.82) is 0 Å². The summed E-state index contributed by atoms with van der Waals surface area (Å²) >= 11 is 3.08. The number of anilines is 2. The van der Waals surface area contributed by atoms with Gasteiger partial charge in [0, 0.05) is 10.6 Å². The lowest BCUT2D eigenvalue weighted by Gasteiger charge is -2.17. The van der Waals surface area contributed by atoms with E-state index >= 15 is 0 Å². The van der Waals surface area contributed by atoms with Crippen LogP contribution in [0.3, 0.4) is 0 Å². The molecule has 0 aliphatic rings. The molecule has 0 atom stereocenters.